The lowest BCUT2D eigenvalue weighted by Gasteiger charge is -2.08. The average molecular weight is 292 g/mol. The molecule has 0 spiro atoms. The third-order valence-corrected chi connectivity index (χ3v) is 3.38. The fourth-order valence-corrected chi connectivity index (χ4v) is 2.36. The van der Waals surface area contributed by atoms with E-state index in [2.05, 4.69) is 20.1 Å². The minimum absolute atomic E-state index is 0.186. The summed E-state index contributed by atoms with van der Waals surface area (Å²) in [5.74, 6) is 1.47. The van der Waals surface area contributed by atoms with Gasteiger partial charge in [0.1, 0.15) is 11.3 Å². The molecule has 0 radical (unpaired) electrons. The number of hydrogen-bond acceptors (Lipinski definition) is 5. The summed E-state index contributed by atoms with van der Waals surface area (Å²) in [4.78, 5) is 13.1. The molecule has 0 aliphatic heterocycles. The van der Waals surface area contributed by atoms with Gasteiger partial charge in [-0.3, -0.25) is 0 Å². The summed E-state index contributed by atoms with van der Waals surface area (Å²) in [6.07, 6.45) is 3.76. The Morgan fingerprint density at radius 3 is 2.95 bits per heavy atom. The minimum atomic E-state index is -0.186. The molecule has 104 valence electrons. The van der Waals surface area contributed by atoms with Crippen molar-refractivity contribution < 1.29 is 4.52 Å². The maximum absolute atomic E-state index is 6.23. The Kier molecular flexibility index (Phi) is 3.40. The molecule has 0 amide bonds. The molecule has 0 aliphatic carbocycles. The van der Waals surface area contributed by atoms with E-state index in [0.717, 1.165) is 22.6 Å². The quantitative estimate of drug-likeness (QED) is 0.691. The highest BCUT2D eigenvalue weighted by molar-refractivity contribution is 6.20. The van der Waals surface area contributed by atoms with E-state index in [9.17, 15) is 0 Å². The minimum Gasteiger partial charge on any atom is -0.343 e. The van der Waals surface area contributed by atoms with E-state index in [-0.39, 0.29) is 5.38 Å². The Bertz CT molecular complexity index is 720. The number of fused-ring (bicyclic) bond motifs is 1. The summed E-state index contributed by atoms with van der Waals surface area (Å²) >= 11 is 6.23. The van der Waals surface area contributed by atoms with Gasteiger partial charge in [0.25, 0.3) is 0 Å². The fourth-order valence-electron chi connectivity index (χ4n) is 2.19. The van der Waals surface area contributed by atoms with Gasteiger partial charge in [-0.05, 0) is 25.5 Å². The van der Waals surface area contributed by atoms with Crippen LogP contribution >= 0.6 is 11.6 Å². The molecular formula is C13H14ClN5O. The molecule has 1 atom stereocenters. The molecule has 20 heavy (non-hydrogen) atoms. The summed E-state index contributed by atoms with van der Waals surface area (Å²) in [5.41, 5.74) is 2.82. The number of nitrogens with zero attached hydrogens (tertiary/aromatic N) is 5. The predicted octanol–water partition coefficient (Wildman–Crippen LogP) is 2.67. The number of hydrogen-bond donors (Lipinski definition) is 0. The van der Waals surface area contributed by atoms with Crippen LogP contribution in [0, 0.1) is 6.92 Å². The molecule has 1 unspecified atom stereocenters. The highest BCUT2D eigenvalue weighted by Gasteiger charge is 2.17. The van der Waals surface area contributed by atoms with E-state index in [1.165, 1.54) is 6.39 Å². The predicted molar refractivity (Wildman–Crippen MR) is 74.5 cm³/mol. The van der Waals surface area contributed by atoms with Gasteiger partial charge in [-0.25, -0.2) is 9.97 Å². The highest BCUT2D eigenvalue weighted by Crippen LogP contribution is 2.25. The van der Waals surface area contributed by atoms with Crippen molar-refractivity contribution in [3.8, 4) is 0 Å². The van der Waals surface area contributed by atoms with Crippen molar-refractivity contribution in [2.75, 3.05) is 0 Å². The van der Waals surface area contributed by atoms with Gasteiger partial charge in [0.2, 0.25) is 6.39 Å². The Labute approximate surface area is 120 Å². The van der Waals surface area contributed by atoms with E-state index in [0.29, 0.717) is 18.8 Å². The van der Waals surface area contributed by atoms with Crippen molar-refractivity contribution >= 4 is 22.8 Å². The van der Waals surface area contributed by atoms with E-state index in [1.54, 1.807) is 6.20 Å². The summed E-state index contributed by atoms with van der Waals surface area (Å²) in [6, 6.07) is 1.95. The molecule has 0 aliphatic rings. The monoisotopic (exact) mass is 291 g/mol. The van der Waals surface area contributed by atoms with Gasteiger partial charge in [-0.2, -0.15) is 4.98 Å². The van der Waals surface area contributed by atoms with Crippen LogP contribution in [0.5, 0.6) is 0 Å². The molecule has 0 saturated heterocycles. The summed E-state index contributed by atoms with van der Waals surface area (Å²) in [6.45, 7) is 4.59. The van der Waals surface area contributed by atoms with Crippen LogP contribution < -0.4 is 0 Å². The van der Waals surface area contributed by atoms with Gasteiger partial charge >= 0.3 is 0 Å². The molecule has 3 rings (SSSR count). The maximum Gasteiger partial charge on any atom is 0.213 e. The van der Waals surface area contributed by atoms with Gasteiger partial charge in [-0.1, -0.05) is 5.16 Å². The van der Waals surface area contributed by atoms with Crippen LogP contribution in [-0.4, -0.2) is 24.7 Å². The largest absolute Gasteiger partial charge is 0.343 e. The van der Waals surface area contributed by atoms with Crippen molar-refractivity contribution in [3.05, 3.63) is 35.9 Å². The van der Waals surface area contributed by atoms with Crippen LogP contribution in [0.4, 0.5) is 0 Å². The van der Waals surface area contributed by atoms with E-state index >= 15 is 0 Å². The van der Waals surface area contributed by atoms with Gasteiger partial charge in [0.05, 0.1) is 5.38 Å². The second kappa shape index (κ2) is 5.20. The Balaban J connectivity index is 2.02. The van der Waals surface area contributed by atoms with Crippen LogP contribution in [0.3, 0.4) is 0 Å². The molecule has 0 bridgehead atoms. The van der Waals surface area contributed by atoms with Gasteiger partial charge in [-0.15, -0.1) is 11.6 Å². The molecule has 3 aromatic heterocycles. The molecule has 0 N–H and O–H groups in total. The van der Waals surface area contributed by atoms with Gasteiger partial charge < -0.3 is 9.09 Å². The number of alkyl halides is 1. The number of rotatable bonds is 4. The molecule has 7 heteroatoms. The lowest BCUT2D eigenvalue weighted by molar-refractivity contribution is 0.408. The van der Waals surface area contributed by atoms with E-state index < -0.39 is 0 Å². The first-order valence-corrected chi connectivity index (χ1v) is 6.81. The lowest BCUT2D eigenvalue weighted by Crippen LogP contribution is -2.08. The van der Waals surface area contributed by atoms with Crippen LogP contribution in [0.25, 0.3) is 11.2 Å². The maximum atomic E-state index is 6.23. The average Bonchev–Trinajstić information content (AvgIpc) is 3.03. The molecule has 0 saturated carbocycles. The SMILES string of the molecule is Cc1ccnc2c1nc(C(C)Cl)n2CCc1ncon1. The van der Waals surface area contributed by atoms with Crippen LogP contribution in [0.2, 0.25) is 0 Å². The van der Waals surface area contributed by atoms with Gasteiger partial charge in [0, 0.05) is 19.2 Å². The third-order valence-electron chi connectivity index (χ3n) is 3.19. The van der Waals surface area contributed by atoms with Crippen molar-refractivity contribution in [2.24, 2.45) is 0 Å². The molecule has 6 nitrogen and oxygen atoms in total. The molecule has 3 heterocycles. The Morgan fingerprint density at radius 2 is 2.25 bits per heavy atom. The Morgan fingerprint density at radius 1 is 1.40 bits per heavy atom. The lowest BCUT2D eigenvalue weighted by atomic mass is 10.3. The standard InChI is InChI=1S/C13H14ClN5O/c1-8-3-5-15-13-11(8)17-12(9(2)14)19(13)6-4-10-16-7-20-18-10/h3,5,7,9H,4,6H2,1-2H3. The van der Waals surface area contributed by atoms with Gasteiger partial charge in [0.15, 0.2) is 11.5 Å². The topological polar surface area (TPSA) is 69.6 Å². The summed E-state index contributed by atoms with van der Waals surface area (Å²) < 4.78 is 6.77. The zero-order valence-electron chi connectivity index (χ0n) is 11.2. The number of imidazole rings is 1. The zero-order valence-corrected chi connectivity index (χ0v) is 12.0. The number of pyridine rings is 1. The third kappa shape index (κ3) is 2.27. The van der Waals surface area contributed by atoms with Crippen molar-refractivity contribution in [1.82, 2.24) is 24.7 Å². The van der Waals surface area contributed by atoms with Crippen LogP contribution in [-0.2, 0) is 13.0 Å². The Hall–Kier alpha value is -1.95. The fraction of sp³-hybridized carbons (Fsp3) is 0.385. The van der Waals surface area contributed by atoms with E-state index in [4.69, 9.17) is 16.1 Å². The summed E-state index contributed by atoms with van der Waals surface area (Å²) in [7, 11) is 0. The van der Waals surface area contributed by atoms with Crippen molar-refractivity contribution in [2.45, 2.75) is 32.2 Å². The van der Waals surface area contributed by atoms with Crippen molar-refractivity contribution in [1.29, 1.82) is 0 Å². The second-order valence-electron chi connectivity index (χ2n) is 4.64. The molecular weight excluding hydrogens is 278 g/mol. The first kappa shape index (κ1) is 13.1. The zero-order chi connectivity index (χ0) is 14.1. The second-order valence-corrected chi connectivity index (χ2v) is 5.29. The summed E-state index contributed by atoms with van der Waals surface area (Å²) in [5, 5.41) is 3.63. The number of aromatic nitrogens is 5. The number of aryl methyl sites for hydroxylation is 3. The number of halogens is 1. The smallest absolute Gasteiger partial charge is 0.213 e. The molecule has 0 fully saturated rings. The van der Waals surface area contributed by atoms with Crippen LogP contribution in [0.15, 0.2) is 23.2 Å². The normalized spacial score (nSPS) is 12.9. The van der Waals surface area contributed by atoms with Crippen molar-refractivity contribution in [3.63, 3.8) is 0 Å². The molecule has 0 aromatic carbocycles. The molecule has 3 aromatic rings. The first-order chi connectivity index (χ1) is 9.66. The highest BCUT2D eigenvalue weighted by atomic mass is 35.5. The first-order valence-electron chi connectivity index (χ1n) is 6.38. The van der Waals surface area contributed by atoms with Crippen LogP contribution in [0.1, 0.15) is 29.5 Å². The van der Waals surface area contributed by atoms with E-state index in [1.807, 2.05) is 24.5 Å².